The number of aliphatic carboxylic acids is 1. The quantitative estimate of drug-likeness (QED) is 0.820. The molecule has 0 fully saturated rings. The topological polar surface area (TPSA) is 67.3 Å². The number of carboxylic acids is 1. The summed E-state index contributed by atoms with van der Waals surface area (Å²) >= 11 is 0. The predicted molar refractivity (Wildman–Crippen MR) is 57.8 cm³/mol. The van der Waals surface area contributed by atoms with Gasteiger partial charge in [0, 0.05) is 28.4 Å². The Morgan fingerprint density at radius 3 is 2.93 bits per heavy atom. The summed E-state index contributed by atoms with van der Waals surface area (Å²) in [5.41, 5.74) is 0.869. The Morgan fingerprint density at radius 1 is 1.67 bits per heavy atom. The first-order valence-corrected chi connectivity index (χ1v) is 5.95. The molecule has 1 heterocycles. The standard InChI is InChI=1S/C10H13NO3S/c1-8(5-10(12)13)15(14)7-9-3-2-4-11-6-9/h2-4,6,8H,5,7H2,1H3,(H,12,13). The first kappa shape index (κ1) is 11.8. The molecule has 5 heteroatoms. The minimum absolute atomic E-state index is 0.0626. The number of carboxylic acid groups (broad SMARTS) is 1. The second kappa shape index (κ2) is 5.60. The van der Waals surface area contributed by atoms with Crippen LogP contribution in [0.25, 0.3) is 0 Å². The molecule has 1 aromatic rings. The minimum Gasteiger partial charge on any atom is -0.481 e. The van der Waals surface area contributed by atoms with Crippen molar-refractivity contribution < 1.29 is 14.1 Å². The van der Waals surface area contributed by atoms with Crippen LogP contribution in [0.4, 0.5) is 0 Å². The number of nitrogens with zero attached hydrogens (tertiary/aromatic N) is 1. The molecule has 0 aliphatic heterocycles. The molecule has 0 aromatic carbocycles. The van der Waals surface area contributed by atoms with Crippen LogP contribution in [0, 0.1) is 0 Å². The largest absolute Gasteiger partial charge is 0.481 e. The van der Waals surface area contributed by atoms with E-state index in [9.17, 15) is 9.00 Å². The molecule has 0 saturated carbocycles. The van der Waals surface area contributed by atoms with Crippen LogP contribution >= 0.6 is 0 Å². The van der Waals surface area contributed by atoms with Crippen molar-refractivity contribution in [2.75, 3.05) is 0 Å². The summed E-state index contributed by atoms with van der Waals surface area (Å²) in [5.74, 6) is -0.551. The summed E-state index contributed by atoms with van der Waals surface area (Å²) in [4.78, 5) is 14.3. The highest BCUT2D eigenvalue weighted by molar-refractivity contribution is 7.84. The molecule has 0 saturated heterocycles. The molecule has 0 spiro atoms. The lowest BCUT2D eigenvalue weighted by Gasteiger charge is -2.08. The molecule has 15 heavy (non-hydrogen) atoms. The van der Waals surface area contributed by atoms with E-state index < -0.39 is 16.8 Å². The molecule has 2 unspecified atom stereocenters. The zero-order valence-corrected chi connectivity index (χ0v) is 9.24. The van der Waals surface area contributed by atoms with Crippen molar-refractivity contribution in [3.8, 4) is 0 Å². The zero-order valence-electron chi connectivity index (χ0n) is 8.42. The average Bonchev–Trinajstić information content (AvgIpc) is 2.18. The molecule has 0 aliphatic rings. The molecular weight excluding hydrogens is 214 g/mol. The van der Waals surface area contributed by atoms with Gasteiger partial charge in [0.2, 0.25) is 0 Å². The molecule has 0 bridgehead atoms. The third-order valence-corrected chi connectivity index (χ3v) is 3.62. The van der Waals surface area contributed by atoms with E-state index in [4.69, 9.17) is 5.11 Å². The molecule has 82 valence electrons. The van der Waals surface area contributed by atoms with E-state index in [-0.39, 0.29) is 11.7 Å². The van der Waals surface area contributed by atoms with Gasteiger partial charge in [0.1, 0.15) is 0 Å². The Labute approximate surface area is 90.8 Å². The fourth-order valence-electron chi connectivity index (χ4n) is 1.13. The van der Waals surface area contributed by atoms with Crippen LogP contribution < -0.4 is 0 Å². The van der Waals surface area contributed by atoms with Crippen molar-refractivity contribution in [3.63, 3.8) is 0 Å². The molecule has 0 aliphatic carbocycles. The van der Waals surface area contributed by atoms with Crippen molar-refractivity contribution in [3.05, 3.63) is 30.1 Å². The highest BCUT2D eigenvalue weighted by atomic mass is 32.2. The van der Waals surface area contributed by atoms with E-state index >= 15 is 0 Å². The Kier molecular flexibility index (Phi) is 4.42. The van der Waals surface area contributed by atoms with Gasteiger partial charge < -0.3 is 5.11 Å². The Bertz CT molecular complexity index is 353. The lowest BCUT2D eigenvalue weighted by atomic mass is 10.3. The van der Waals surface area contributed by atoms with Gasteiger partial charge in [-0.25, -0.2) is 0 Å². The maximum atomic E-state index is 11.7. The molecule has 1 aromatic heterocycles. The number of aromatic nitrogens is 1. The van der Waals surface area contributed by atoms with Crippen molar-refractivity contribution in [2.45, 2.75) is 24.3 Å². The van der Waals surface area contributed by atoms with E-state index in [0.717, 1.165) is 5.56 Å². The summed E-state index contributed by atoms with van der Waals surface area (Å²) in [7, 11) is -1.16. The van der Waals surface area contributed by atoms with Gasteiger partial charge in [0.25, 0.3) is 0 Å². The monoisotopic (exact) mass is 227 g/mol. The second-order valence-corrected chi connectivity index (χ2v) is 5.15. The Hall–Kier alpha value is -1.23. The Morgan fingerprint density at radius 2 is 2.40 bits per heavy atom. The SMILES string of the molecule is CC(CC(=O)O)S(=O)Cc1cccnc1. The van der Waals surface area contributed by atoms with E-state index in [1.807, 2.05) is 6.07 Å². The van der Waals surface area contributed by atoms with Crippen LogP contribution in [0.15, 0.2) is 24.5 Å². The molecule has 0 amide bonds. The number of hydrogen-bond acceptors (Lipinski definition) is 3. The van der Waals surface area contributed by atoms with Crippen LogP contribution in [-0.2, 0) is 21.3 Å². The smallest absolute Gasteiger partial charge is 0.304 e. The molecule has 1 N–H and O–H groups in total. The summed E-state index contributed by atoms with van der Waals surface area (Å²) in [5, 5.41) is 8.22. The van der Waals surface area contributed by atoms with Crippen LogP contribution in [0.1, 0.15) is 18.9 Å². The van der Waals surface area contributed by atoms with Crippen molar-refractivity contribution in [1.82, 2.24) is 4.98 Å². The van der Waals surface area contributed by atoms with Gasteiger partial charge in [0.05, 0.1) is 12.2 Å². The normalized spacial score (nSPS) is 14.5. The minimum atomic E-state index is -1.16. The van der Waals surface area contributed by atoms with Gasteiger partial charge in [0.15, 0.2) is 0 Å². The zero-order chi connectivity index (χ0) is 11.3. The first-order chi connectivity index (χ1) is 7.09. The molecule has 1 rings (SSSR count). The van der Waals surface area contributed by atoms with E-state index in [2.05, 4.69) is 4.98 Å². The van der Waals surface area contributed by atoms with Crippen LogP contribution in [0.3, 0.4) is 0 Å². The van der Waals surface area contributed by atoms with Gasteiger partial charge in [-0.3, -0.25) is 14.0 Å². The van der Waals surface area contributed by atoms with Crippen molar-refractivity contribution in [1.29, 1.82) is 0 Å². The van der Waals surface area contributed by atoms with Crippen LogP contribution in [0.2, 0.25) is 0 Å². The van der Waals surface area contributed by atoms with Crippen molar-refractivity contribution >= 4 is 16.8 Å². The van der Waals surface area contributed by atoms with E-state index in [1.54, 1.807) is 25.4 Å². The van der Waals surface area contributed by atoms with Crippen LogP contribution in [-0.4, -0.2) is 25.5 Å². The summed E-state index contributed by atoms with van der Waals surface area (Å²) < 4.78 is 11.7. The maximum Gasteiger partial charge on any atom is 0.304 e. The molecule has 0 radical (unpaired) electrons. The summed E-state index contributed by atoms with van der Waals surface area (Å²) in [6.07, 6.45) is 3.23. The summed E-state index contributed by atoms with van der Waals surface area (Å²) in [6, 6.07) is 3.60. The van der Waals surface area contributed by atoms with Gasteiger partial charge in [-0.1, -0.05) is 13.0 Å². The first-order valence-electron chi connectivity index (χ1n) is 4.57. The number of pyridine rings is 1. The van der Waals surface area contributed by atoms with Crippen molar-refractivity contribution in [2.24, 2.45) is 0 Å². The maximum absolute atomic E-state index is 11.7. The van der Waals surface area contributed by atoms with Crippen LogP contribution in [0.5, 0.6) is 0 Å². The van der Waals surface area contributed by atoms with Gasteiger partial charge in [-0.05, 0) is 11.6 Å². The number of carbonyl (C=O) groups is 1. The highest BCUT2D eigenvalue weighted by Gasteiger charge is 2.15. The second-order valence-electron chi connectivity index (χ2n) is 3.29. The molecule has 4 nitrogen and oxygen atoms in total. The average molecular weight is 227 g/mol. The fraction of sp³-hybridized carbons (Fsp3) is 0.400. The van der Waals surface area contributed by atoms with Gasteiger partial charge >= 0.3 is 5.97 Å². The lowest BCUT2D eigenvalue weighted by Crippen LogP contribution is -2.17. The lowest BCUT2D eigenvalue weighted by molar-refractivity contribution is -0.136. The van der Waals surface area contributed by atoms with E-state index in [0.29, 0.717) is 5.75 Å². The fourth-order valence-corrected chi connectivity index (χ4v) is 2.24. The number of hydrogen-bond donors (Lipinski definition) is 1. The summed E-state index contributed by atoms with van der Waals surface area (Å²) in [6.45, 7) is 1.68. The number of rotatable bonds is 5. The van der Waals surface area contributed by atoms with Gasteiger partial charge in [-0.2, -0.15) is 0 Å². The van der Waals surface area contributed by atoms with Gasteiger partial charge in [-0.15, -0.1) is 0 Å². The third kappa shape index (κ3) is 4.20. The Balaban J connectivity index is 2.52. The van der Waals surface area contributed by atoms with E-state index in [1.165, 1.54) is 0 Å². The third-order valence-electron chi connectivity index (χ3n) is 1.94. The highest BCUT2D eigenvalue weighted by Crippen LogP contribution is 2.08. The predicted octanol–water partition coefficient (Wildman–Crippen LogP) is 1.19. The molecular formula is C10H13NO3S. The molecule has 2 atom stereocenters.